The van der Waals surface area contributed by atoms with E-state index in [0.717, 1.165) is 18.5 Å². The maximum atomic E-state index is 12.9. The summed E-state index contributed by atoms with van der Waals surface area (Å²) in [6.07, 6.45) is 2.37. The van der Waals surface area contributed by atoms with E-state index >= 15 is 0 Å². The van der Waals surface area contributed by atoms with E-state index in [2.05, 4.69) is 18.9 Å². The highest BCUT2D eigenvalue weighted by Crippen LogP contribution is 2.42. The quantitative estimate of drug-likeness (QED) is 0.880. The van der Waals surface area contributed by atoms with Crippen molar-refractivity contribution in [2.24, 2.45) is 11.3 Å². The van der Waals surface area contributed by atoms with Crippen molar-refractivity contribution in [2.75, 3.05) is 26.3 Å². The molecule has 1 aromatic rings. The van der Waals surface area contributed by atoms with Gasteiger partial charge >= 0.3 is 5.97 Å². The minimum Gasteiger partial charge on any atom is -0.481 e. The first-order valence-corrected chi connectivity index (χ1v) is 9.09. The molecule has 2 saturated heterocycles. The molecule has 0 spiro atoms. The topological polar surface area (TPSA) is 84.7 Å². The number of carboxylic acid groups (broad SMARTS) is 1. The van der Waals surface area contributed by atoms with Gasteiger partial charge < -0.3 is 14.7 Å². The Balaban J connectivity index is 1.83. The van der Waals surface area contributed by atoms with E-state index in [1.165, 1.54) is 0 Å². The second-order valence-corrected chi connectivity index (χ2v) is 7.25. The number of carboxylic acids is 1. The molecular formula is C18H27N3O4. The van der Waals surface area contributed by atoms with Crippen molar-refractivity contribution >= 4 is 11.9 Å². The molecule has 138 valence electrons. The van der Waals surface area contributed by atoms with Crippen LogP contribution in [0.4, 0.5) is 0 Å². The summed E-state index contributed by atoms with van der Waals surface area (Å²) in [5.74, 6) is -1.15. The molecule has 2 aliphatic rings. The number of amides is 1. The molecule has 3 heterocycles. The molecule has 2 atom stereocenters. The van der Waals surface area contributed by atoms with Crippen LogP contribution in [-0.2, 0) is 9.53 Å². The fraction of sp³-hybridized carbons (Fsp3) is 0.722. The van der Waals surface area contributed by atoms with Crippen LogP contribution in [0.2, 0.25) is 0 Å². The maximum absolute atomic E-state index is 12.9. The summed E-state index contributed by atoms with van der Waals surface area (Å²) in [5, 5.41) is 14.3. The molecule has 7 nitrogen and oxygen atoms in total. The first-order valence-electron chi connectivity index (χ1n) is 9.09. The Morgan fingerprint density at radius 2 is 2.16 bits per heavy atom. The van der Waals surface area contributed by atoms with E-state index < -0.39 is 11.4 Å². The second-order valence-electron chi connectivity index (χ2n) is 7.25. The summed E-state index contributed by atoms with van der Waals surface area (Å²) in [4.78, 5) is 26.5. The number of fused-ring (bicyclic) bond motifs is 1. The van der Waals surface area contributed by atoms with Crippen LogP contribution in [0, 0.1) is 18.3 Å². The lowest BCUT2D eigenvalue weighted by Crippen LogP contribution is -2.45. The van der Waals surface area contributed by atoms with Crippen LogP contribution in [0.25, 0.3) is 0 Å². The van der Waals surface area contributed by atoms with Gasteiger partial charge in [-0.2, -0.15) is 5.10 Å². The first-order chi connectivity index (χ1) is 11.9. The van der Waals surface area contributed by atoms with E-state index in [4.69, 9.17) is 4.74 Å². The van der Waals surface area contributed by atoms with Gasteiger partial charge in [0.05, 0.1) is 18.1 Å². The average molecular weight is 349 g/mol. The van der Waals surface area contributed by atoms with Crippen LogP contribution in [0.3, 0.4) is 0 Å². The Bertz CT molecular complexity index is 667. The third kappa shape index (κ3) is 2.94. The molecule has 2 aliphatic heterocycles. The zero-order valence-electron chi connectivity index (χ0n) is 15.2. The van der Waals surface area contributed by atoms with E-state index in [-0.39, 0.29) is 24.4 Å². The predicted octanol–water partition coefficient (Wildman–Crippen LogP) is 2.12. The fourth-order valence-corrected chi connectivity index (χ4v) is 4.21. The molecule has 0 radical (unpaired) electrons. The van der Waals surface area contributed by atoms with Crippen molar-refractivity contribution in [3.05, 3.63) is 17.5 Å². The minimum atomic E-state index is -0.874. The molecule has 25 heavy (non-hydrogen) atoms. The lowest BCUT2D eigenvalue weighted by atomic mass is 9.74. The summed E-state index contributed by atoms with van der Waals surface area (Å²) >= 11 is 0. The molecule has 0 aromatic carbocycles. The predicted molar refractivity (Wildman–Crippen MR) is 91.5 cm³/mol. The molecule has 0 saturated carbocycles. The fourth-order valence-electron chi connectivity index (χ4n) is 4.21. The standard InChI is InChI=1S/C18H27N3O4/c1-4-14(5-2)21-12(3)8-15(19-21)16(22)20-9-13-10-25-7-6-18(13,11-20)17(23)24/h8,13-14H,4-7,9-11H2,1-3H3,(H,23,24)/t13-,18+/m0/s1. The van der Waals surface area contributed by atoms with Crippen LogP contribution in [0.1, 0.15) is 55.3 Å². The van der Waals surface area contributed by atoms with E-state index in [1.807, 2.05) is 17.7 Å². The zero-order valence-corrected chi connectivity index (χ0v) is 15.2. The largest absolute Gasteiger partial charge is 0.481 e. The number of rotatable bonds is 5. The van der Waals surface area contributed by atoms with Crippen molar-refractivity contribution in [3.8, 4) is 0 Å². The van der Waals surface area contributed by atoms with Crippen molar-refractivity contribution in [1.29, 1.82) is 0 Å². The number of nitrogens with zero attached hydrogens (tertiary/aromatic N) is 3. The van der Waals surface area contributed by atoms with Crippen LogP contribution < -0.4 is 0 Å². The SMILES string of the molecule is CCC(CC)n1nc(C(=O)N2C[C@H]3COCC[C@@]3(C(=O)O)C2)cc1C. The van der Waals surface area contributed by atoms with Crippen molar-refractivity contribution in [1.82, 2.24) is 14.7 Å². The monoisotopic (exact) mass is 349 g/mol. The molecule has 1 N–H and O–H groups in total. The highest BCUT2D eigenvalue weighted by molar-refractivity contribution is 5.93. The van der Waals surface area contributed by atoms with Crippen LogP contribution in [-0.4, -0.2) is 58.0 Å². The number of aliphatic carboxylic acids is 1. The Kier molecular flexibility index (Phi) is 4.86. The summed E-state index contributed by atoms with van der Waals surface area (Å²) in [5.41, 5.74) is 0.496. The van der Waals surface area contributed by atoms with Gasteiger partial charge in [0.1, 0.15) is 0 Å². The number of hydrogen-bond donors (Lipinski definition) is 1. The number of aryl methyl sites for hydroxylation is 1. The minimum absolute atomic E-state index is 0.148. The summed E-state index contributed by atoms with van der Waals surface area (Å²) in [7, 11) is 0. The van der Waals surface area contributed by atoms with Crippen molar-refractivity contribution < 1.29 is 19.4 Å². The number of carbonyl (C=O) groups is 2. The summed E-state index contributed by atoms with van der Waals surface area (Å²) < 4.78 is 7.38. The molecular weight excluding hydrogens is 322 g/mol. The molecule has 1 amide bonds. The maximum Gasteiger partial charge on any atom is 0.311 e. The summed E-state index contributed by atoms with van der Waals surface area (Å²) in [6, 6.07) is 2.09. The molecule has 2 fully saturated rings. The third-order valence-corrected chi connectivity index (χ3v) is 5.85. The molecule has 1 aromatic heterocycles. The van der Waals surface area contributed by atoms with Gasteiger partial charge in [-0.15, -0.1) is 0 Å². The van der Waals surface area contributed by atoms with Crippen LogP contribution in [0.15, 0.2) is 6.07 Å². The van der Waals surface area contributed by atoms with E-state index in [9.17, 15) is 14.7 Å². The Hall–Kier alpha value is -1.89. The van der Waals surface area contributed by atoms with Gasteiger partial charge in [-0.05, 0) is 32.3 Å². The Morgan fingerprint density at radius 3 is 2.76 bits per heavy atom. The Morgan fingerprint density at radius 1 is 1.44 bits per heavy atom. The molecule has 0 unspecified atom stereocenters. The average Bonchev–Trinajstić information content (AvgIpc) is 3.17. The smallest absolute Gasteiger partial charge is 0.311 e. The number of hydrogen-bond acceptors (Lipinski definition) is 4. The number of likely N-dealkylation sites (tertiary alicyclic amines) is 1. The molecule has 7 heteroatoms. The first kappa shape index (κ1) is 17.9. The van der Waals surface area contributed by atoms with Gasteiger partial charge in [0.15, 0.2) is 5.69 Å². The number of ether oxygens (including phenoxy) is 1. The number of aromatic nitrogens is 2. The van der Waals surface area contributed by atoms with E-state index in [1.54, 1.807) is 4.90 Å². The third-order valence-electron chi connectivity index (χ3n) is 5.85. The van der Waals surface area contributed by atoms with Gasteiger partial charge in [-0.3, -0.25) is 14.3 Å². The van der Waals surface area contributed by atoms with Crippen molar-refractivity contribution in [3.63, 3.8) is 0 Å². The van der Waals surface area contributed by atoms with Crippen molar-refractivity contribution in [2.45, 2.75) is 46.1 Å². The van der Waals surface area contributed by atoms with E-state index in [0.29, 0.717) is 31.9 Å². The van der Waals surface area contributed by atoms with Gasteiger partial charge in [-0.25, -0.2) is 0 Å². The Labute approximate surface area is 147 Å². The highest BCUT2D eigenvalue weighted by atomic mass is 16.5. The normalized spacial score (nSPS) is 26.1. The van der Waals surface area contributed by atoms with Crippen LogP contribution >= 0.6 is 0 Å². The lowest BCUT2D eigenvalue weighted by Gasteiger charge is -2.33. The van der Waals surface area contributed by atoms with Gasteiger partial charge in [0, 0.05) is 31.3 Å². The lowest BCUT2D eigenvalue weighted by molar-refractivity contribution is -0.157. The summed E-state index contributed by atoms with van der Waals surface area (Å²) in [6.45, 7) is 7.67. The molecule has 0 bridgehead atoms. The molecule has 3 rings (SSSR count). The molecule has 0 aliphatic carbocycles. The zero-order chi connectivity index (χ0) is 18.2. The number of carbonyl (C=O) groups excluding carboxylic acids is 1. The van der Waals surface area contributed by atoms with Crippen LogP contribution in [0.5, 0.6) is 0 Å². The second kappa shape index (κ2) is 6.78. The highest BCUT2D eigenvalue weighted by Gasteiger charge is 2.55. The van der Waals surface area contributed by atoms with Gasteiger partial charge in [-0.1, -0.05) is 13.8 Å². The van der Waals surface area contributed by atoms with Gasteiger partial charge in [0.2, 0.25) is 0 Å². The van der Waals surface area contributed by atoms with Gasteiger partial charge in [0.25, 0.3) is 5.91 Å².